The largest absolute Gasteiger partial charge is 1.00 e. The first-order valence-corrected chi connectivity index (χ1v) is 40.1. The normalized spacial score (nSPS) is 10.4. The summed E-state index contributed by atoms with van der Waals surface area (Å²) in [7, 11) is -3.39. The summed E-state index contributed by atoms with van der Waals surface area (Å²) < 4.78 is 4.36. The fraction of sp³-hybridized carbons (Fsp3) is 0.0213. The Hall–Kier alpha value is -8.40. The van der Waals surface area contributed by atoms with E-state index < -0.39 is 31.7 Å². The first-order chi connectivity index (χ1) is 49.5. The van der Waals surface area contributed by atoms with Crippen molar-refractivity contribution in [3.8, 4) is 35.1 Å². The van der Waals surface area contributed by atoms with Gasteiger partial charge in [0.25, 0.3) is 0 Å². The average Bonchev–Trinajstić information content (AvgIpc) is 1.60. The Balaban J connectivity index is 0.000000159. The average molecular weight is 2140 g/mol. The minimum absolute atomic E-state index is 0. The number of para-hydroxylation sites is 2. The monoisotopic (exact) mass is 2140 g/mol. The van der Waals surface area contributed by atoms with E-state index in [9.17, 15) is 0 Å². The molecule has 0 bridgehead atoms. The third-order valence-corrected chi connectivity index (χ3v) is 31.7. The maximum atomic E-state index is 7.40. The van der Waals surface area contributed by atoms with Gasteiger partial charge in [0.2, 0.25) is 0 Å². The molecule has 0 fully saturated rings. The quantitative estimate of drug-likeness (QED) is 0.0444. The number of hydrogen-bond donors (Lipinski definition) is 0. The van der Waals surface area contributed by atoms with Gasteiger partial charge >= 0.3 is 89.5 Å². The van der Waals surface area contributed by atoms with Crippen LogP contribution in [0.2, 0.25) is 0 Å². The van der Waals surface area contributed by atoms with Gasteiger partial charge in [-0.15, -0.1) is 70.8 Å². The van der Waals surface area contributed by atoms with Crippen LogP contribution in [0.25, 0.3) is 55.0 Å². The smallest absolute Gasteiger partial charge is 0.366 e. The van der Waals surface area contributed by atoms with Gasteiger partial charge in [-0.05, 0) is 132 Å². The molecule has 0 aliphatic carbocycles. The van der Waals surface area contributed by atoms with Crippen molar-refractivity contribution in [1.29, 1.82) is 0 Å². The van der Waals surface area contributed by atoms with E-state index in [4.69, 9.17) is 25.7 Å². The van der Waals surface area contributed by atoms with Gasteiger partial charge in [-0.1, -0.05) is 206 Å². The van der Waals surface area contributed by atoms with Crippen LogP contribution in [0.15, 0.2) is 376 Å². The molecule has 516 valence electrons. The van der Waals surface area contributed by atoms with Crippen LogP contribution in [-0.2, 0) is 89.5 Å². The van der Waals surface area contributed by atoms with Crippen LogP contribution in [0.3, 0.4) is 0 Å². The van der Waals surface area contributed by atoms with E-state index in [1.54, 1.807) is 0 Å². The van der Waals surface area contributed by atoms with Crippen LogP contribution in [0.4, 0.5) is 0 Å². The number of fused-ring (bicyclic) bond motifs is 6. The zero-order chi connectivity index (χ0) is 68.2. The molecule has 0 saturated heterocycles. The van der Waals surface area contributed by atoms with E-state index >= 15 is 0 Å². The van der Waals surface area contributed by atoms with Crippen molar-refractivity contribution >= 4 is 118 Å². The fourth-order valence-electron chi connectivity index (χ4n) is 13.0. The molecule has 104 heavy (non-hydrogen) atoms. The van der Waals surface area contributed by atoms with E-state index in [0.29, 0.717) is 0 Å². The van der Waals surface area contributed by atoms with Gasteiger partial charge in [-0.2, -0.15) is 0 Å². The van der Waals surface area contributed by atoms with Crippen molar-refractivity contribution in [2.75, 3.05) is 11.8 Å². The van der Waals surface area contributed by atoms with Gasteiger partial charge in [0, 0.05) is 33.2 Å². The molecule has 0 atom stereocenters. The zero-order valence-corrected chi connectivity index (χ0v) is 69.0. The van der Waals surface area contributed by atoms with Crippen LogP contribution < -0.4 is 42.4 Å². The van der Waals surface area contributed by atoms with Crippen molar-refractivity contribution in [2.45, 2.75) is 0 Å². The molecule has 0 aliphatic rings. The van der Waals surface area contributed by atoms with Crippen molar-refractivity contribution in [3.63, 3.8) is 0 Å². The Morgan fingerprint density at radius 3 is 0.606 bits per heavy atom. The van der Waals surface area contributed by atoms with Crippen molar-refractivity contribution in [3.05, 3.63) is 424 Å². The summed E-state index contributed by atoms with van der Waals surface area (Å²) in [6, 6.07) is 133. The molecule has 0 unspecified atom stereocenters. The number of aromatic nitrogens is 2. The number of hydrogen-bond acceptors (Lipinski definition) is 0. The van der Waals surface area contributed by atoms with Gasteiger partial charge in [0.05, 0.1) is 11.0 Å². The van der Waals surface area contributed by atoms with Crippen molar-refractivity contribution in [2.24, 2.45) is 0 Å². The molecule has 2 heterocycles. The molecule has 0 radical (unpaired) electrons. The number of benzene rings is 14. The molecular weight excluding hydrogens is 2070 g/mol. The Morgan fingerprint density at radius 2 is 0.394 bits per heavy atom. The molecule has 16 rings (SSSR count). The first-order valence-electron chi connectivity index (χ1n) is 33.3. The minimum Gasteiger partial charge on any atom is -0.366 e. The third-order valence-electron chi connectivity index (χ3n) is 17.8. The van der Waals surface area contributed by atoms with E-state index in [1.807, 2.05) is 109 Å². The van der Waals surface area contributed by atoms with Crippen LogP contribution in [0, 0.1) is 49.4 Å². The maximum Gasteiger partial charge on any atom is 1.00 e. The van der Waals surface area contributed by atoms with Crippen molar-refractivity contribution < 1.29 is 89.5 Å². The summed E-state index contributed by atoms with van der Waals surface area (Å²) in [5, 5.41) is 16.4. The van der Waals surface area contributed by atoms with Crippen LogP contribution in [0.1, 0.15) is 22.3 Å². The molecular formula is C94H70Au4N2P4+4. The van der Waals surface area contributed by atoms with Crippen molar-refractivity contribution in [1.82, 2.24) is 9.13 Å². The molecule has 2 aromatic heterocycles. The predicted molar refractivity (Wildman–Crippen MR) is 438 cm³/mol. The summed E-state index contributed by atoms with van der Waals surface area (Å²) in [5.41, 5.74) is 9.37. The summed E-state index contributed by atoms with van der Waals surface area (Å²) in [6.07, 6.45) is 29.5. The van der Waals surface area contributed by atoms with Crippen LogP contribution in [0.5, 0.6) is 0 Å². The summed E-state index contributed by atoms with van der Waals surface area (Å²) in [6.45, 7) is 0. The molecule has 0 aliphatic heterocycles. The van der Waals surface area contributed by atoms with E-state index in [0.717, 1.165) is 77.2 Å². The van der Waals surface area contributed by atoms with Crippen LogP contribution >= 0.6 is 31.7 Å². The summed E-state index contributed by atoms with van der Waals surface area (Å²) in [5.74, 6) is 12.3. The third kappa shape index (κ3) is 19.4. The molecule has 10 heteroatoms. The van der Waals surface area contributed by atoms with Crippen LogP contribution in [-0.4, -0.2) is 20.9 Å². The van der Waals surface area contributed by atoms with E-state index in [2.05, 4.69) is 300 Å². The Bertz CT molecular complexity index is 4870. The molecule has 0 N–H and O–H groups in total. The summed E-state index contributed by atoms with van der Waals surface area (Å²) >= 11 is 0. The zero-order valence-electron chi connectivity index (χ0n) is 56.3. The fourth-order valence-corrected chi connectivity index (χ4v) is 28.5. The number of rotatable bonds is 14. The molecule has 2 nitrogen and oxygen atoms in total. The molecule has 0 amide bonds. The molecule has 14 aromatic carbocycles. The van der Waals surface area contributed by atoms with Gasteiger partial charge in [-0.25, -0.2) is 0 Å². The topological polar surface area (TPSA) is 9.86 Å². The second kappa shape index (κ2) is 40.2. The Kier molecular flexibility index (Phi) is 30.8. The first kappa shape index (κ1) is 79.7. The van der Waals surface area contributed by atoms with E-state index in [-0.39, 0.29) is 89.5 Å². The summed E-state index contributed by atoms with van der Waals surface area (Å²) in [4.78, 5) is 0. The SMILES string of the molecule is [Au+].[Au+].[Au+].[Au+].[C-]#Cc1ccc2c(c1)c1ccc(C#[C-])cc1n2-c1ccccc1.[C-]#Cc1ccc2c(c1)c1ccc(C#[C-])cc1n2-c1ccccc1.c1ccc([PH+](C[PH+](c2ccccc2)c2ccccc2)c2ccccc2)cc1.c1ccc([PH+](C[PH+](c2ccccc2)c2ccccc2)c2ccccc2)cc1. The molecule has 0 saturated carbocycles. The van der Waals surface area contributed by atoms with Gasteiger partial charge < -0.3 is 34.8 Å². The standard InChI is InChI=1S/2C25H22P2.2C22H11N.4Au/c2*1-5-13-22(14-6-1)26(23-15-7-2-8-16-23)21-27(24-17-9-3-10-18-24)25-19-11-4-12-20-25;2*1-3-16-11-13-21-20(14-16)19-12-10-17(4-2)15-22(19)23(21)18-8-6-5-7-9-18;;;;/h2*1-20H,21H2;2*5-15H;;;;/q;;2*-2;4*+1/p+4. The second-order valence-electron chi connectivity index (χ2n) is 24.0. The predicted octanol–water partition coefficient (Wildman–Crippen LogP) is 18.7. The second-order valence-corrected chi connectivity index (χ2v) is 35.2. The van der Waals surface area contributed by atoms with Gasteiger partial charge in [0.1, 0.15) is 74.1 Å². The number of nitrogens with zero attached hydrogens (tertiary/aromatic N) is 2. The maximum absolute atomic E-state index is 7.40. The molecule has 16 aromatic rings. The Labute approximate surface area is 680 Å². The van der Waals surface area contributed by atoms with Gasteiger partial charge in [0.15, 0.2) is 11.8 Å². The van der Waals surface area contributed by atoms with Gasteiger partial charge in [-0.3, -0.25) is 23.7 Å². The minimum atomic E-state index is -0.847. The Morgan fingerprint density at radius 1 is 0.202 bits per heavy atom. The molecule has 0 spiro atoms. The van der Waals surface area contributed by atoms with E-state index in [1.165, 1.54) is 54.2 Å².